The standard InChI is InChI=1S/C23H23ClFN3O2/c24-18-7-4-16(5-8-18)6-9-23(29)28-11-10-17(14-28)22-13-20(26-27-22)15-30-21-3-1-2-19(25)12-21/h1-5,7-8,12-13,17H,6,9-11,14-15H2,(H,26,27)/t17-/m1/s1. The highest BCUT2D eigenvalue weighted by Gasteiger charge is 2.28. The summed E-state index contributed by atoms with van der Waals surface area (Å²) in [4.78, 5) is 14.5. The largest absolute Gasteiger partial charge is 0.487 e. The van der Waals surface area contributed by atoms with Crippen molar-refractivity contribution in [3.05, 3.63) is 82.4 Å². The summed E-state index contributed by atoms with van der Waals surface area (Å²) < 4.78 is 18.8. The fourth-order valence-electron chi connectivity index (χ4n) is 3.67. The van der Waals surface area contributed by atoms with Gasteiger partial charge in [-0.25, -0.2) is 4.39 Å². The Kier molecular flexibility index (Phi) is 6.33. The van der Waals surface area contributed by atoms with E-state index in [1.165, 1.54) is 12.1 Å². The topological polar surface area (TPSA) is 58.2 Å². The quantitative estimate of drug-likeness (QED) is 0.593. The highest BCUT2D eigenvalue weighted by molar-refractivity contribution is 6.30. The van der Waals surface area contributed by atoms with E-state index in [0.717, 1.165) is 29.9 Å². The number of aromatic nitrogens is 2. The Morgan fingerprint density at radius 1 is 1.23 bits per heavy atom. The Bertz CT molecular complexity index is 1010. The first kappa shape index (κ1) is 20.4. The molecule has 5 nitrogen and oxygen atoms in total. The van der Waals surface area contributed by atoms with Gasteiger partial charge < -0.3 is 9.64 Å². The van der Waals surface area contributed by atoms with Gasteiger partial charge in [-0.15, -0.1) is 0 Å². The minimum absolute atomic E-state index is 0.164. The molecular formula is C23H23ClFN3O2. The van der Waals surface area contributed by atoms with E-state index in [-0.39, 0.29) is 24.2 Å². The van der Waals surface area contributed by atoms with Gasteiger partial charge in [-0.1, -0.05) is 29.8 Å². The molecule has 1 aromatic heterocycles. The number of nitrogens with one attached hydrogen (secondary N) is 1. The third kappa shape index (κ3) is 5.19. The van der Waals surface area contributed by atoms with Gasteiger partial charge in [0.15, 0.2) is 0 Å². The number of halogens is 2. The average Bonchev–Trinajstić information content (AvgIpc) is 3.41. The van der Waals surface area contributed by atoms with E-state index >= 15 is 0 Å². The van der Waals surface area contributed by atoms with Crippen LogP contribution in [0.2, 0.25) is 5.02 Å². The van der Waals surface area contributed by atoms with Gasteiger partial charge in [0.2, 0.25) is 5.91 Å². The fraction of sp³-hybridized carbons (Fsp3) is 0.304. The van der Waals surface area contributed by atoms with Crippen LogP contribution in [0.25, 0.3) is 0 Å². The molecule has 30 heavy (non-hydrogen) atoms. The molecule has 1 N–H and O–H groups in total. The van der Waals surface area contributed by atoms with E-state index in [0.29, 0.717) is 30.2 Å². The number of hydrogen-bond donors (Lipinski definition) is 1. The molecule has 1 saturated heterocycles. The first-order chi connectivity index (χ1) is 14.6. The highest BCUT2D eigenvalue weighted by Crippen LogP contribution is 2.27. The normalized spacial score (nSPS) is 16.1. The monoisotopic (exact) mass is 427 g/mol. The third-order valence-corrected chi connectivity index (χ3v) is 5.59. The molecule has 2 aromatic carbocycles. The Morgan fingerprint density at radius 2 is 2.07 bits per heavy atom. The molecular weight excluding hydrogens is 405 g/mol. The number of aryl methyl sites for hydroxylation is 1. The lowest BCUT2D eigenvalue weighted by molar-refractivity contribution is -0.130. The number of nitrogens with zero attached hydrogens (tertiary/aromatic N) is 2. The number of carbonyl (C=O) groups is 1. The molecule has 0 aliphatic carbocycles. The molecule has 1 amide bonds. The van der Waals surface area contributed by atoms with Crippen molar-refractivity contribution in [1.29, 1.82) is 0 Å². The van der Waals surface area contributed by atoms with Gasteiger partial charge in [0.1, 0.15) is 18.2 Å². The lowest BCUT2D eigenvalue weighted by atomic mass is 10.1. The molecule has 0 unspecified atom stereocenters. The zero-order valence-electron chi connectivity index (χ0n) is 16.5. The second-order valence-corrected chi connectivity index (χ2v) is 7.95. The summed E-state index contributed by atoms with van der Waals surface area (Å²) in [6.07, 6.45) is 2.09. The van der Waals surface area contributed by atoms with Crippen LogP contribution < -0.4 is 4.74 Å². The van der Waals surface area contributed by atoms with Crippen LogP contribution in [-0.4, -0.2) is 34.1 Å². The number of rotatable bonds is 7. The van der Waals surface area contributed by atoms with Crippen LogP contribution in [0, 0.1) is 5.82 Å². The summed E-state index contributed by atoms with van der Waals surface area (Å²) in [6.45, 7) is 1.70. The van der Waals surface area contributed by atoms with Crippen molar-refractivity contribution in [2.45, 2.75) is 31.8 Å². The molecule has 0 spiro atoms. The second-order valence-electron chi connectivity index (χ2n) is 7.52. The molecule has 3 aromatic rings. The van der Waals surface area contributed by atoms with Crippen molar-refractivity contribution in [3.8, 4) is 5.75 Å². The first-order valence-electron chi connectivity index (χ1n) is 10.0. The summed E-state index contributed by atoms with van der Waals surface area (Å²) in [5.41, 5.74) is 2.86. The minimum Gasteiger partial charge on any atom is -0.487 e. The predicted molar refractivity (Wildman–Crippen MR) is 113 cm³/mol. The van der Waals surface area contributed by atoms with Crippen LogP contribution in [0.1, 0.15) is 35.7 Å². The maximum Gasteiger partial charge on any atom is 0.222 e. The van der Waals surface area contributed by atoms with Gasteiger partial charge in [-0.3, -0.25) is 9.89 Å². The van der Waals surface area contributed by atoms with E-state index in [1.807, 2.05) is 35.2 Å². The zero-order valence-corrected chi connectivity index (χ0v) is 17.2. The summed E-state index contributed by atoms with van der Waals surface area (Å²) in [5, 5.41) is 8.07. The lowest BCUT2D eigenvalue weighted by Gasteiger charge is -2.16. The van der Waals surface area contributed by atoms with Crippen LogP contribution in [0.3, 0.4) is 0 Å². The van der Waals surface area contributed by atoms with E-state index in [2.05, 4.69) is 10.2 Å². The summed E-state index contributed by atoms with van der Waals surface area (Å²) in [7, 11) is 0. The van der Waals surface area contributed by atoms with E-state index in [4.69, 9.17) is 16.3 Å². The second kappa shape index (κ2) is 9.30. The number of H-pyrrole nitrogens is 1. The zero-order chi connectivity index (χ0) is 20.9. The molecule has 156 valence electrons. The lowest BCUT2D eigenvalue weighted by Crippen LogP contribution is -2.28. The van der Waals surface area contributed by atoms with Crippen molar-refractivity contribution in [2.75, 3.05) is 13.1 Å². The van der Waals surface area contributed by atoms with E-state index in [9.17, 15) is 9.18 Å². The number of aromatic amines is 1. The number of likely N-dealkylation sites (tertiary alicyclic amines) is 1. The maximum absolute atomic E-state index is 13.2. The van der Waals surface area contributed by atoms with Gasteiger partial charge in [-0.05, 0) is 48.7 Å². The summed E-state index contributed by atoms with van der Waals surface area (Å²) in [5.74, 6) is 0.523. The number of hydrogen-bond acceptors (Lipinski definition) is 3. The number of ether oxygens (including phenoxy) is 1. The minimum atomic E-state index is -0.329. The molecule has 2 heterocycles. The molecule has 0 radical (unpaired) electrons. The van der Waals surface area contributed by atoms with Crippen LogP contribution >= 0.6 is 11.6 Å². The number of amides is 1. The third-order valence-electron chi connectivity index (χ3n) is 5.34. The predicted octanol–water partition coefficient (Wildman–Crippen LogP) is 4.73. The fourth-order valence-corrected chi connectivity index (χ4v) is 3.80. The SMILES string of the molecule is O=C(CCc1ccc(Cl)cc1)N1CC[C@@H](c2cc(COc3cccc(F)c3)[nH]n2)C1. The van der Waals surface area contributed by atoms with Gasteiger partial charge >= 0.3 is 0 Å². The van der Waals surface area contributed by atoms with Crippen LogP contribution in [0.4, 0.5) is 4.39 Å². The Hall–Kier alpha value is -2.86. The number of benzene rings is 2. The van der Waals surface area contributed by atoms with Gasteiger partial charge in [0.05, 0.1) is 11.4 Å². The molecule has 1 aliphatic rings. The molecule has 0 bridgehead atoms. The van der Waals surface area contributed by atoms with Crippen molar-refractivity contribution in [2.24, 2.45) is 0 Å². The van der Waals surface area contributed by atoms with Crippen LogP contribution in [0.5, 0.6) is 5.75 Å². The van der Waals surface area contributed by atoms with Gasteiger partial charge in [0.25, 0.3) is 0 Å². The van der Waals surface area contributed by atoms with Crippen LogP contribution in [0.15, 0.2) is 54.6 Å². The van der Waals surface area contributed by atoms with Crippen molar-refractivity contribution >= 4 is 17.5 Å². The molecule has 7 heteroatoms. The van der Waals surface area contributed by atoms with E-state index < -0.39 is 0 Å². The Labute approximate surface area is 179 Å². The Balaban J connectivity index is 1.26. The molecule has 1 fully saturated rings. The average molecular weight is 428 g/mol. The molecule has 1 atom stereocenters. The number of carbonyl (C=O) groups excluding carboxylic acids is 1. The van der Waals surface area contributed by atoms with Gasteiger partial charge in [0, 0.05) is 36.5 Å². The smallest absolute Gasteiger partial charge is 0.222 e. The molecule has 0 saturated carbocycles. The Morgan fingerprint density at radius 3 is 2.87 bits per heavy atom. The molecule has 4 rings (SSSR count). The first-order valence-corrected chi connectivity index (χ1v) is 10.4. The van der Waals surface area contributed by atoms with Crippen molar-refractivity contribution in [1.82, 2.24) is 15.1 Å². The van der Waals surface area contributed by atoms with E-state index in [1.54, 1.807) is 12.1 Å². The van der Waals surface area contributed by atoms with Crippen LogP contribution in [-0.2, 0) is 17.8 Å². The summed E-state index contributed by atoms with van der Waals surface area (Å²) >= 11 is 5.90. The highest BCUT2D eigenvalue weighted by atomic mass is 35.5. The van der Waals surface area contributed by atoms with Gasteiger partial charge in [-0.2, -0.15) is 5.10 Å². The van der Waals surface area contributed by atoms with Crippen molar-refractivity contribution < 1.29 is 13.9 Å². The summed E-state index contributed by atoms with van der Waals surface area (Å²) in [6, 6.07) is 15.6. The maximum atomic E-state index is 13.2. The molecule has 1 aliphatic heterocycles. The van der Waals surface area contributed by atoms with Crippen molar-refractivity contribution in [3.63, 3.8) is 0 Å².